The molecule has 0 aliphatic carbocycles. The van der Waals surface area contributed by atoms with E-state index in [2.05, 4.69) is 45.3 Å². The van der Waals surface area contributed by atoms with Crippen LogP contribution in [0.2, 0.25) is 0 Å². The second-order valence-electron chi connectivity index (χ2n) is 6.13. The average Bonchev–Trinajstić information content (AvgIpc) is 2.56. The summed E-state index contributed by atoms with van der Waals surface area (Å²) in [4.78, 5) is 0. The highest BCUT2D eigenvalue weighted by Crippen LogP contribution is 2.34. The Balaban J connectivity index is 2.42. The summed E-state index contributed by atoms with van der Waals surface area (Å²) >= 11 is 0. The number of hydrogen-bond donors (Lipinski definition) is 1. The van der Waals surface area contributed by atoms with E-state index in [4.69, 9.17) is 4.74 Å². The molecular weight excluding hydrogens is 258 g/mol. The lowest BCUT2D eigenvalue weighted by Crippen LogP contribution is -2.33. The fourth-order valence-electron chi connectivity index (χ4n) is 3.68. The van der Waals surface area contributed by atoms with Crippen molar-refractivity contribution in [2.75, 3.05) is 20.3 Å². The maximum absolute atomic E-state index is 5.74. The maximum atomic E-state index is 5.74. The van der Waals surface area contributed by atoms with Crippen LogP contribution in [0.3, 0.4) is 0 Å². The maximum Gasteiger partial charge on any atom is 0.0512 e. The highest BCUT2D eigenvalue weighted by atomic mass is 16.5. The van der Waals surface area contributed by atoms with Crippen LogP contribution >= 0.6 is 0 Å². The lowest BCUT2D eigenvalue weighted by atomic mass is 9.82. The topological polar surface area (TPSA) is 21.3 Å². The number of nitrogens with one attached hydrogen (secondary N) is 1. The van der Waals surface area contributed by atoms with Crippen molar-refractivity contribution in [2.45, 2.75) is 58.9 Å². The van der Waals surface area contributed by atoms with Crippen molar-refractivity contribution in [3.8, 4) is 0 Å². The van der Waals surface area contributed by atoms with Crippen molar-refractivity contribution in [3.05, 3.63) is 34.4 Å². The van der Waals surface area contributed by atoms with Crippen molar-refractivity contribution in [3.63, 3.8) is 0 Å². The van der Waals surface area contributed by atoms with Gasteiger partial charge in [0, 0.05) is 18.6 Å². The van der Waals surface area contributed by atoms with Crippen molar-refractivity contribution < 1.29 is 4.74 Å². The monoisotopic (exact) mass is 289 g/mol. The number of rotatable bonds is 6. The first-order chi connectivity index (χ1) is 10.2. The smallest absolute Gasteiger partial charge is 0.0512 e. The van der Waals surface area contributed by atoms with E-state index in [1.54, 1.807) is 5.56 Å². The molecular formula is C19H31NO. The van der Waals surface area contributed by atoms with Gasteiger partial charge in [0.2, 0.25) is 0 Å². The largest absolute Gasteiger partial charge is 0.381 e. The van der Waals surface area contributed by atoms with Crippen molar-refractivity contribution in [1.82, 2.24) is 5.32 Å². The molecule has 2 rings (SSSR count). The molecule has 118 valence electrons. The van der Waals surface area contributed by atoms with E-state index in [1.807, 2.05) is 0 Å². The Morgan fingerprint density at radius 2 is 1.81 bits per heavy atom. The molecule has 2 nitrogen and oxygen atoms in total. The molecule has 0 saturated carbocycles. The van der Waals surface area contributed by atoms with Crippen LogP contribution in [0, 0.1) is 5.92 Å². The van der Waals surface area contributed by atoms with Crippen LogP contribution in [0.1, 0.15) is 61.9 Å². The molecule has 0 aromatic heterocycles. The minimum absolute atomic E-state index is 0.432. The molecule has 1 N–H and O–H groups in total. The summed E-state index contributed by atoms with van der Waals surface area (Å²) in [5, 5.41) is 3.59. The summed E-state index contributed by atoms with van der Waals surface area (Å²) in [6.45, 7) is 8.64. The summed E-state index contributed by atoms with van der Waals surface area (Å²) in [5.41, 5.74) is 6.07. The normalized spacial score (nSPS) is 20.5. The second-order valence-corrected chi connectivity index (χ2v) is 6.13. The number of ether oxygens (including phenoxy) is 1. The van der Waals surface area contributed by atoms with Crippen LogP contribution in [0.25, 0.3) is 0 Å². The summed E-state index contributed by atoms with van der Waals surface area (Å²) < 4.78 is 5.74. The van der Waals surface area contributed by atoms with Crippen LogP contribution < -0.4 is 5.32 Å². The zero-order chi connectivity index (χ0) is 15.2. The lowest BCUT2D eigenvalue weighted by molar-refractivity contribution is 0.0399. The number of hydrogen-bond acceptors (Lipinski definition) is 2. The Hall–Kier alpha value is -0.860. The highest BCUT2D eigenvalue weighted by molar-refractivity contribution is 5.42. The van der Waals surface area contributed by atoms with Gasteiger partial charge in [-0.3, -0.25) is 0 Å². The van der Waals surface area contributed by atoms with E-state index in [-0.39, 0.29) is 0 Å². The Bertz CT molecular complexity index is 424. The van der Waals surface area contributed by atoms with Gasteiger partial charge in [-0.05, 0) is 61.4 Å². The van der Waals surface area contributed by atoms with Gasteiger partial charge in [-0.25, -0.2) is 0 Å². The third-order valence-electron chi connectivity index (χ3n) is 4.87. The molecule has 0 amide bonds. The third kappa shape index (κ3) is 3.67. The van der Waals surface area contributed by atoms with Gasteiger partial charge < -0.3 is 10.1 Å². The molecule has 2 unspecified atom stereocenters. The van der Waals surface area contributed by atoms with E-state index in [1.165, 1.54) is 29.5 Å². The molecule has 0 spiro atoms. The molecule has 0 radical (unpaired) electrons. The van der Waals surface area contributed by atoms with Crippen molar-refractivity contribution in [2.24, 2.45) is 5.92 Å². The van der Waals surface area contributed by atoms with Gasteiger partial charge in [-0.15, -0.1) is 0 Å². The van der Waals surface area contributed by atoms with Crippen LogP contribution in [0.4, 0.5) is 0 Å². The molecule has 1 aromatic carbocycles. The fraction of sp³-hybridized carbons (Fsp3) is 0.684. The van der Waals surface area contributed by atoms with Crippen molar-refractivity contribution >= 4 is 0 Å². The van der Waals surface area contributed by atoms with Crippen LogP contribution in [0.15, 0.2) is 12.1 Å². The first-order valence-corrected chi connectivity index (χ1v) is 8.64. The molecule has 1 fully saturated rings. The minimum Gasteiger partial charge on any atom is -0.381 e. The van der Waals surface area contributed by atoms with E-state index < -0.39 is 0 Å². The fourth-order valence-corrected chi connectivity index (χ4v) is 3.68. The zero-order valence-corrected chi connectivity index (χ0v) is 14.2. The van der Waals surface area contributed by atoms with Gasteiger partial charge in [-0.2, -0.15) is 0 Å². The quantitative estimate of drug-likeness (QED) is 0.852. The Kier molecular flexibility index (Phi) is 6.25. The first-order valence-electron chi connectivity index (χ1n) is 8.64. The first kappa shape index (κ1) is 16.5. The summed E-state index contributed by atoms with van der Waals surface area (Å²) in [5.74, 6) is 0.604. The molecule has 1 heterocycles. The van der Waals surface area contributed by atoms with Crippen LogP contribution in [0.5, 0.6) is 0 Å². The minimum atomic E-state index is 0.432. The molecule has 1 aromatic rings. The van der Waals surface area contributed by atoms with Gasteiger partial charge in [0.15, 0.2) is 0 Å². The molecule has 21 heavy (non-hydrogen) atoms. The molecule has 2 atom stereocenters. The Labute approximate surface area is 130 Å². The number of benzene rings is 1. The molecule has 0 bridgehead atoms. The molecule has 1 saturated heterocycles. The van der Waals surface area contributed by atoms with Crippen molar-refractivity contribution in [1.29, 1.82) is 0 Å². The van der Waals surface area contributed by atoms with Gasteiger partial charge >= 0.3 is 0 Å². The highest BCUT2D eigenvalue weighted by Gasteiger charge is 2.27. The van der Waals surface area contributed by atoms with E-state index in [9.17, 15) is 0 Å². The van der Waals surface area contributed by atoms with Gasteiger partial charge in [0.05, 0.1) is 6.61 Å². The predicted molar refractivity (Wildman–Crippen MR) is 89.9 cm³/mol. The third-order valence-corrected chi connectivity index (χ3v) is 4.87. The van der Waals surface area contributed by atoms with Gasteiger partial charge in [0.25, 0.3) is 0 Å². The van der Waals surface area contributed by atoms with Crippen LogP contribution in [-0.4, -0.2) is 20.3 Å². The Morgan fingerprint density at radius 1 is 1.14 bits per heavy atom. The molecule has 2 heteroatoms. The van der Waals surface area contributed by atoms with Gasteiger partial charge in [0.1, 0.15) is 0 Å². The Morgan fingerprint density at radius 3 is 2.24 bits per heavy atom. The zero-order valence-electron chi connectivity index (χ0n) is 14.2. The average molecular weight is 289 g/mol. The van der Waals surface area contributed by atoms with Gasteiger partial charge in [-0.1, -0.05) is 32.9 Å². The van der Waals surface area contributed by atoms with E-state index >= 15 is 0 Å². The van der Waals surface area contributed by atoms with Crippen LogP contribution in [-0.2, 0) is 24.0 Å². The molecule has 1 aliphatic heterocycles. The number of aryl methyl sites for hydroxylation is 3. The summed E-state index contributed by atoms with van der Waals surface area (Å²) in [6, 6.07) is 5.27. The lowest BCUT2D eigenvalue weighted by Gasteiger charge is -2.33. The standard InChI is InChI=1S/C19H31NO/c1-5-14-11-15(6-2)18(16(7-3)12-14)19(20-4)17-9-8-10-21-13-17/h11-12,17,19-20H,5-10,13H2,1-4H3. The second kappa shape index (κ2) is 7.95. The van der Waals surface area contributed by atoms with E-state index in [0.717, 1.165) is 32.5 Å². The summed E-state index contributed by atoms with van der Waals surface area (Å²) in [6.07, 6.45) is 5.81. The summed E-state index contributed by atoms with van der Waals surface area (Å²) in [7, 11) is 2.10. The predicted octanol–water partition coefficient (Wildman–Crippen LogP) is 4.06. The van der Waals surface area contributed by atoms with E-state index in [0.29, 0.717) is 12.0 Å². The SMILES string of the molecule is CCc1cc(CC)c(C(NC)C2CCCOC2)c(CC)c1. The molecule has 1 aliphatic rings.